The van der Waals surface area contributed by atoms with E-state index in [9.17, 15) is 24.3 Å². The molecule has 9 heteroatoms. The minimum atomic E-state index is -1.21. The summed E-state index contributed by atoms with van der Waals surface area (Å²) in [6.45, 7) is 3.20. The van der Waals surface area contributed by atoms with Gasteiger partial charge in [-0.2, -0.15) is 0 Å². The first-order chi connectivity index (χ1) is 21.2. The third-order valence-corrected chi connectivity index (χ3v) is 8.12. The molecule has 4 aromatic carbocycles. The van der Waals surface area contributed by atoms with E-state index in [0.29, 0.717) is 23.2 Å². The normalized spacial score (nSPS) is 16.9. The number of carboxylic acid groups (broad SMARTS) is 1. The topological polar surface area (TPSA) is 107 Å². The summed E-state index contributed by atoms with van der Waals surface area (Å²) in [6.07, 6.45) is -0.287. The van der Waals surface area contributed by atoms with Gasteiger partial charge in [-0.3, -0.25) is 19.3 Å². The summed E-state index contributed by atoms with van der Waals surface area (Å²) in [5, 5.41) is 12.7. The molecule has 0 spiro atoms. The molecule has 0 aromatic heterocycles. The Morgan fingerprint density at radius 1 is 0.864 bits per heavy atom. The minimum absolute atomic E-state index is 0.0110. The SMILES string of the molecule is CC(=O)N1[C@H](Cc2ccccc2)C(=O)N(c2ccc(C[C@H](NC(=O)c3c(C)cccc3Cl)C(=O)O)cc2)[C@H]1c1ccccc1. The van der Waals surface area contributed by atoms with Gasteiger partial charge >= 0.3 is 5.97 Å². The summed E-state index contributed by atoms with van der Waals surface area (Å²) in [4.78, 5) is 55.4. The zero-order valence-corrected chi connectivity index (χ0v) is 25.1. The van der Waals surface area contributed by atoms with Crippen molar-refractivity contribution >= 4 is 41.0 Å². The van der Waals surface area contributed by atoms with Crippen molar-refractivity contribution in [3.05, 3.63) is 136 Å². The lowest BCUT2D eigenvalue weighted by molar-refractivity contribution is -0.139. The Morgan fingerprint density at radius 2 is 1.50 bits per heavy atom. The molecule has 1 saturated heterocycles. The van der Waals surface area contributed by atoms with Crippen LogP contribution in [0.2, 0.25) is 5.02 Å². The van der Waals surface area contributed by atoms with Crippen LogP contribution in [0.4, 0.5) is 5.69 Å². The van der Waals surface area contributed by atoms with Gasteiger partial charge in [-0.15, -0.1) is 0 Å². The number of halogens is 1. The maximum Gasteiger partial charge on any atom is 0.326 e. The Labute approximate surface area is 260 Å². The van der Waals surface area contributed by atoms with Crippen LogP contribution in [0.15, 0.2) is 103 Å². The molecule has 0 bridgehead atoms. The fraction of sp³-hybridized carbons (Fsp3) is 0.200. The summed E-state index contributed by atoms with van der Waals surface area (Å²) in [5.41, 5.74) is 3.81. The first-order valence-corrected chi connectivity index (χ1v) is 14.6. The van der Waals surface area contributed by atoms with E-state index in [1.165, 1.54) is 6.92 Å². The quantitative estimate of drug-likeness (QED) is 0.258. The molecule has 1 aliphatic rings. The Morgan fingerprint density at radius 3 is 2.09 bits per heavy atom. The molecule has 1 aliphatic heterocycles. The lowest BCUT2D eigenvalue weighted by Crippen LogP contribution is -2.42. The van der Waals surface area contributed by atoms with Crippen LogP contribution in [0.3, 0.4) is 0 Å². The van der Waals surface area contributed by atoms with Gasteiger partial charge in [0, 0.05) is 25.5 Å². The molecular formula is C35H32ClN3O5. The molecule has 5 rings (SSSR count). The maximum absolute atomic E-state index is 14.1. The number of rotatable bonds is 9. The molecule has 0 saturated carbocycles. The lowest BCUT2D eigenvalue weighted by atomic mass is 10.0. The van der Waals surface area contributed by atoms with Gasteiger partial charge in [0.1, 0.15) is 18.2 Å². The van der Waals surface area contributed by atoms with Crippen LogP contribution in [-0.2, 0) is 27.2 Å². The van der Waals surface area contributed by atoms with Crippen LogP contribution in [0.5, 0.6) is 0 Å². The number of anilines is 1. The van der Waals surface area contributed by atoms with Crippen molar-refractivity contribution in [2.75, 3.05) is 4.90 Å². The fourth-order valence-corrected chi connectivity index (χ4v) is 6.00. The van der Waals surface area contributed by atoms with Crippen LogP contribution >= 0.6 is 11.6 Å². The van der Waals surface area contributed by atoms with Crippen LogP contribution in [0.25, 0.3) is 0 Å². The van der Waals surface area contributed by atoms with Crippen LogP contribution < -0.4 is 10.2 Å². The van der Waals surface area contributed by atoms with Crippen molar-refractivity contribution in [1.29, 1.82) is 0 Å². The van der Waals surface area contributed by atoms with Crippen molar-refractivity contribution in [3.8, 4) is 0 Å². The van der Waals surface area contributed by atoms with Crippen molar-refractivity contribution in [2.45, 2.75) is 44.9 Å². The number of carbonyl (C=O) groups is 4. The number of benzene rings is 4. The van der Waals surface area contributed by atoms with E-state index in [1.54, 1.807) is 59.2 Å². The molecule has 1 heterocycles. The van der Waals surface area contributed by atoms with E-state index in [2.05, 4.69) is 5.32 Å². The van der Waals surface area contributed by atoms with Crippen molar-refractivity contribution < 1.29 is 24.3 Å². The highest BCUT2D eigenvalue weighted by Crippen LogP contribution is 2.39. The average Bonchev–Trinajstić information content (AvgIpc) is 3.29. The van der Waals surface area contributed by atoms with E-state index in [-0.39, 0.29) is 28.8 Å². The standard InChI is InChI=1S/C35H32ClN3O5/c1-22-10-9-15-28(36)31(22)32(41)37-29(35(43)44)20-25-16-18-27(19-17-25)39-33(26-13-7-4-8-14-26)38(23(2)40)30(34(39)42)21-24-11-5-3-6-12-24/h3-19,29-30,33H,20-21H2,1-2H3,(H,37,41)(H,43,44)/t29-,30+,33-/m0/s1. The van der Waals surface area contributed by atoms with Gasteiger partial charge in [0.2, 0.25) is 5.91 Å². The first kappa shape index (κ1) is 30.5. The highest BCUT2D eigenvalue weighted by molar-refractivity contribution is 6.34. The molecule has 8 nitrogen and oxygen atoms in total. The van der Waals surface area contributed by atoms with E-state index >= 15 is 0 Å². The zero-order chi connectivity index (χ0) is 31.4. The highest BCUT2D eigenvalue weighted by Gasteiger charge is 2.48. The number of nitrogens with one attached hydrogen (secondary N) is 1. The Bertz CT molecular complexity index is 1660. The number of nitrogens with zero attached hydrogens (tertiary/aromatic N) is 2. The number of hydrogen-bond acceptors (Lipinski definition) is 4. The third kappa shape index (κ3) is 6.35. The Balaban J connectivity index is 1.43. The van der Waals surface area contributed by atoms with E-state index < -0.39 is 30.1 Å². The minimum Gasteiger partial charge on any atom is -0.480 e. The second-order valence-electron chi connectivity index (χ2n) is 10.8. The first-order valence-electron chi connectivity index (χ1n) is 14.2. The second-order valence-corrected chi connectivity index (χ2v) is 11.2. The Kier molecular flexibility index (Phi) is 9.11. The summed E-state index contributed by atoms with van der Waals surface area (Å²) in [6, 6.07) is 29.0. The lowest BCUT2D eigenvalue weighted by Gasteiger charge is -2.31. The van der Waals surface area contributed by atoms with Crippen molar-refractivity contribution in [3.63, 3.8) is 0 Å². The largest absolute Gasteiger partial charge is 0.480 e. The number of amides is 3. The molecule has 1 fully saturated rings. The summed E-state index contributed by atoms with van der Waals surface area (Å²) in [5.74, 6) is -2.19. The molecule has 3 amide bonds. The van der Waals surface area contributed by atoms with Gasteiger partial charge in [-0.05, 0) is 47.4 Å². The number of carboxylic acids is 1. The molecule has 0 unspecified atom stereocenters. The van der Waals surface area contributed by atoms with E-state index in [1.807, 2.05) is 60.7 Å². The molecule has 2 N–H and O–H groups in total. The van der Waals surface area contributed by atoms with Gasteiger partial charge in [0.15, 0.2) is 0 Å². The van der Waals surface area contributed by atoms with E-state index in [4.69, 9.17) is 11.6 Å². The summed E-state index contributed by atoms with van der Waals surface area (Å²) in [7, 11) is 0. The van der Waals surface area contributed by atoms with Crippen LogP contribution in [-0.4, -0.2) is 45.8 Å². The molecule has 44 heavy (non-hydrogen) atoms. The average molecular weight is 610 g/mol. The number of hydrogen-bond donors (Lipinski definition) is 2. The number of aliphatic carboxylic acids is 1. The number of carbonyl (C=O) groups excluding carboxylic acids is 3. The predicted molar refractivity (Wildman–Crippen MR) is 168 cm³/mol. The van der Waals surface area contributed by atoms with Crippen molar-refractivity contribution in [2.24, 2.45) is 0 Å². The molecule has 4 aromatic rings. The summed E-state index contributed by atoms with van der Waals surface area (Å²) >= 11 is 6.22. The van der Waals surface area contributed by atoms with Gasteiger partial charge < -0.3 is 15.3 Å². The smallest absolute Gasteiger partial charge is 0.326 e. The van der Waals surface area contributed by atoms with Gasteiger partial charge in [0.05, 0.1) is 10.6 Å². The zero-order valence-electron chi connectivity index (χ0n) is 24.3. The maximum atomic E-state index is 14.1. The Hall–Kier alpha value is -4.95. The molecule has 224 valence electrons. The fourth-order valence-electron chi connectivity index (χ4n) is 5.69. The van der Waals surface area contributed by atoms with Gasteiger partial charge in [0.25, 0.3) is 11.8 Å². The molecule has 3 atom stereocenters. The molecule has 0 radical (unpaired) electrons. The van der Waals surface area contributed by atoms with Crippen LogP contribution in [0.1, 0.15) is 45.7 Å². The highest BCUT2D eigenvalue weighted by atomic mass is 35.5. The van der Waals surface area contributed by atoms with Crippen LogP contribution in [0, 0.1) is 6.92 Å². The van der Waals surface area contributed by atoms with E-state index in [0.717, 1.165) is 11.1 Å². The van der Waals surface area contributed by atoms with Gasteiger partial charge in [-0.25, -0.2) is 4.79 Å². The number of aryl methyl sites for hydroxylation is 1. The summed E-state index contributed by atoms with van der Waals surface area (Å²) < 4.78 is 0. The monoisotopic (exact) mass is 609 g/mol. The molecule has 0 aliphatic carbocycles. The third-order valence-electron chi connectivity index (χ3n) is 7.81. The second kappa shape index (κ2) is 13.1. The predicted octanol–water partition coefficient (Wildman–Crippen LogP) is 5.58. The molecular weight excluding hydrogens is 578 g/mol. The van der Waals surface area contributed by atoms with Crippen molar-refractivity contribution in [1.82, 2.24) is 10.2 Å². The van der Waals surface area contributed by atoms with Gasteiger partial charge in [-0.1, -0.05) is 96.5 Å².